The number of carbonyl (C=O) groups excluding carboxylic acids is 1. The first-order valence-corrected chi connectivity index (χ1v) is 7.01. The van der Waals surface area contributed by atoms with E-state index in [9.17, 15) is 14.7 Å². The third-order valence-electron chi connectivity index (χ3n) is 3.55. The molecule has 0 aliphatic carbocycles. The van der Waals surface area contributed by atoms with Crippen LogP contribution in [0, 0.1) is 6.92 Å². The van der Waals surface area contributed by atoms with Crippen molar-refractivity contribution in [2.75, 3.05) is 19.8 Å². The molecule has 21 heavy (non-hydrogen) atoms. The van der Waals surface area contributed by atoms with Gasteiger partial charge < -0.3 is 20.1 Å². The van der Waals surface area contributed by atoms with E-state index in [0.29, 0.717) is 24.5 Å². The molecule has 1 aliphatic heterocycles. The van der Waals surface area contributed by atoms with Crippen molar-refractivity contribution in [3.8, 4) is 0 Å². The van der Waals surface area contributed by atoms with Gasteiger partial charge >= 0.3 is 0 Å². The molecule has 7 nitrogen and oxygen atoms in total. The average molecular weight is 295 g/mol. The Kier molecular flexibility index (Phi) is 4.43. The lowest BCUT2D eigenvalue weighted by molar-refractivity contribution is 0.0264. The van der Waals surface area contributed by atoms with E-state index in [-0.39, 0.29) is 24.6 Å². The molecule has 2 heterocycles. The van der Waals surface area contributed by atoms with E-state index in [1.54, 1.807) is 6.92 Å². The molecule has 1 aromatic rings. The fourth-order valence-corrected chi connectivity index (χ4v) is 2.22. The smallest absolute Gasteiger partial charge is 0.264 e. The number of rotatable bonds is 4. The van der Waals surface area contributed by atoms with Gasteiger partial charge in [-0.2, -0.15) is 0 Å². The zero-order valence-electron chi connectivity index (χ0n) is 12.5. The molecule has 0 bridgehead atoms. The largest absolute Gasteiger partial charge is 0.386 e. The van der Waals surface area contributed by atoms with Gasteiger partial charge in [0.05, 0.1) is 12.3 Å². The first-order valence-electron chi connectivity index (χ1n) is 7.01. The van der Waals surface area contributed by atoms with Crippen LogP contribution in [-0.4, -0.2) is 46.3 Å². The molecule has 0 radical (unpaired) electrons. The molecular weight excluding hydrogens is 274 g/mol. The summed E-state index contributed by atoms with van der Waals surface area (Å²) in [6.07, 6.45) is 0.465. The highest BCUT2D eigenvalue weighted by molar-refractivity contribution is 5.94. The highest BCUT2D eigenvalue weighted by atomic mass is 16.5. The number of carbonyl (C=O) groups is 1. The van der Waals surface area contributed by atoms with Crippen LogP contribution in [0.1, 0.15) is 48.1 Å². The Balaban J connectivity index is 2.14. The molecule has 7 heteroatoms. The Bertz CT molecular complexity index is 588. The summed E-state index contributed by atoms with van der Waals surface area (Å²) in [6, 6.07) is 0. The summed E-state index contributed by atoms with van der Waals surface area (Å²) in [5.74, 6) is 0.0959. The average Bonchev–Trinajstić information content (AvgIpc) is 2.83. The molecular formula is C14H21N3O4. The number of H-pyrrole nitrogens is 1. The molecule has 1 unspecified atom stereocenters. The molecule has 0 aromatic carbocycles. The maximum atomic E-state index is 12.1. The zero-order valence-corrected chi connectivity index (χ0v) is 12.5. The Morgan fingerprint density at radius 2 is 2.29 bits per heavy atom. The molecule has 0 spiro atoms. The number of ether oxygens (including phenoxy) is 1. The Hall–Kier alpha value is -1.73. The molecule has 1 aromatic heterocycles. The molecule has 116 valence electrons. The number of hydrogen-bond acceptors (Lipinski definition) is 5. The van der Waals surface area contributed by atoms with Crippen molar-refractivity contribution in [2.45, 2.75) is 38.7 Å². The Morgan fingerprint density at radius 3 is 2.81 bits per heavy atom. The number of aliphatic hydroxyl groups is 1. The van der Waals surface area contributed by atoms with Crippen molar-refractivity contribution in [2.24, 2.45) is 0 Å². The summed E-state index contributed by atoms with van der Waals surface area (Å²) < 4.78 is 5.11. The van der Waals surface area contributed by atoms with Crippen LogP contribution in [0.3, 0.4) is 0 Å². The number of aromatic nitrogens is 2. The third kappa shape index (κ3) is 3.48. The predicted octanol–water partition coefficient (Wildman–Crippen LogP) is 0.0829. The predicted molar refractivity (Wildman–Crippen MR) is 76.4 cm³/mol. The molecule has 2 rings (SSSR count). The zero-order chi connectivity index (χ0) is 15.6. The highest BCUT2D eigenvalue weighted by Gasteiger charge is 2.33. The van der Waals surface area contributed by atoms with Gasteiger partial charge in [0.1, 0.15) is 17.0 Å². The van der Waals surface area contributed by atoms with Crippen LogP contribution in [0.4, 0.5) is 0 Å². The van der Waals surface area contributed by atoms with Crippen molar-refractivity contribution in [3.05, 3.63) is 27.4 Å². The SMILES string of the molecule is Cc1nc(C(C)C)[nH]c(=O)c1C(=O)NCC1(O)CCOC1. The quantitative estimate of drug-likeness (QED) is 0.730. The van der Waals surface area contributed by atoms with Crippen LogP contribution >= 0.6 is 0 Å². The van der Waals surface area contributed by atoms with Crippen LogP contribution in [0.15, 0.2) is 4.79 Å². The number of aromatic amines is 1. The van der Waals surface area contributed by atoms with Gasteiger partial charge in [0, 0.05) is 25.5 Å². The van der Waals surface area contributed by atoms with Crippen molar-refractivity contribution >= 4 is 5.91 Å². The number of hydrogen-bond donors (Lipinski definition) is 3. The minimum absolute atomic E-state index is 0.0121. The lowest BCUT2D eigenvalue weighted by Gasteiger charge is -2.20. The van der Waals surface area contributed by atoms with Gasteiger partial charge in [-0.25, -0.2) is 4.98 Å². The maximum absolute atomic E-state index is 12.1. The van der Waals surface area contributed by atoms with E-state index in [4.69, 9.17) is 4.74 Å². The van der Waals surface area contributed by atoms with Crippen LogP contribution in [0.2, 0.25) is 0 Å². The van der Waals surface area contributed by atoms with E-state index in [1.165, 1.54) is 0 Å². The van der Waals surface area contributed by atoms with Gasteiger partial charge in [-0.05, 0) is 6.92 Å². The minimum atomic E-state index is -1.05. The van der Waals surface area contributed by atoms with E-state index in [1.807, 2.05) is 13.8 Å². The van der Waals surface area contributed by atoms with Crippen LogP contribution in [-0.2, 0) is 4.74 Å². The number of nitrogens with zero attached hydrogens (tertiary/aromatic N) is 1. The van der Waals surface area contributed by atoms with Gasteiger partial charge in [-0.3, -0.25) is 9.59 Å². The second kappa shape index (κ2) is 5.95. The van der Waals surface area contributed by atoms with Gasteiger partial charge in [-0.1, -0.05) is 13.8 Å². The lowest BCUT2D eigenvalue weighted by Crippen LogP contribution is -2.44. The van der Waals surface area contributed by atoms with Crippen molar-refractivity contribution in [1.82, 2.24) is 15.3 Å². The minimum Gasteiger partial charge on any atom is -0.386 e. The molecule has 1 aliphatic rings. The van der Waals surface area contributed by atoms with E-state index >= 15 is 0 Å². The maximum Gasteiger partial charge on any atom is 0.264 e. The summed E-state index contributed by atoms with van der Waals surface area (Å²) >= 11 is 0. The standard InChI is InChI=1S/C14H21N3O4/c1-8(2)11-16-9(3)10(13(19)17-11)12(18)15-6-14(20)4-5-21-7-14/h8,20H,4-7H2,1-3H3,(H,15,18)(H,16,17,19). The van der Waals surface area contributed by atoms with E-state index in [2.05, 4.69) is 15.3 Å². The van der Waals surface area contributed by atoms with Gasteiger partial charge in [-0.15, -0.1) is 0 Å². The summed E-state index contributed by atoms with van der Waals surface area (Å²) in [6.45, 7) is 6.16. The normalized spacial score (nSPS) is 21.8. The van der Waals surface area contributed by atoms with E-state index in [0.717, 1.165) is 0 Å². The summed E-state index contributed by atoms with van der Waals surface area (Å²) in [5.41, 5.74) is -1.14. The molecule has 0 saturated carbocycles. The number of aryl methyl sites for hydroxylation is 1. The van der Waals surface area contributed by atoms with Gasteiger partial charge in [0.25, 0.3) is 11.5 Å². The summed E-state index contributed by atoms with van der Waals surface area (Å²) in [7, 11) is 0. The second-order valence-corrected chi connectivity index (χ2v) is 5.78. The third-order valence-corrected chi connectivity index (χ3v) is 3.55. The monoisotopic (exact) mass is 295 g/mol. The number of amides is 1. The summed E-state index contributed by atoms with van der Waals surface area (Å²) in [4.78, 5) is 31.1. The summed E-state index contributed by atoms with van der Waals surface area (Å²) in [5, 5.41) is 12.7. The Morgan fingerprint density at radius 1 is 1.57 bits per heavy atom. The number of nitrogens with one attached hydrogen (secondary N) is 2. The second-order valence-electron chi connectivity index (χ2n) is 5.78. The van der Waals surface area contributed by atoms with Crippen molar-refractivity contribution in [3.63, 3.8) is 0 Å². The van der Waals surface area contributed by atoms with Crippen LogP contribution < -0.4 is 10.9 Å². The van der Waals surface area contributed by atoms with Gasteiger partial charge in [0.15, 0.2) is 0 Å². The molecule has 1 atom stereocenters. The Labute approximate surface area is 122 Å². The molecule has 3 N–H and O–H groups in total. The van der Waals surface area contributed by atoms with E-state index < -0.39 is 17.1 Å². The fraction of sp³-hybridized carbons (Fsp3) is 0.643. The topological polar surface area (TPSA) is 104 Å². The first kappa shape index (κ1) is 15.7. The first-order chi connectivity index (χ1) is 9.82. The van der Waals surface area contributed by atoms with Crippen molar-refractivity contribution in [1.29, 1.82) is 0 Å². The van der Waals surface area contributed by atoms with Crippen LogP contribution in [0.5, 0.6) is 0 Å². The highest BCUT2D eigenvalue weighted by Crippen LogP contribution is 2.17. The van der Waals surface area contributed by atoms with Crippen molar-refractivity contribution < 1.29 is 14.6 Å². The lowest BCUT2D eigenvalue weighted by atomic mass is 10.0. The molecule has 1 saturated heterocycles. The molecule has 1 fully saturated rings. The van der Waals surface area contributed by atoms with Gasteiger partial charge in [0.2, 0.25) is 0 Å². The van der Waals surface area contributed by atoms with Crippen LogP contribution in [0.25, 0.3) is 0 Å². The molecule has 1 amide bonds. The fourth-order valence-electron chi connectivity index (χ4n) is 2.22.